The maximum absolute atomic E-state index is 12.9. The Kier molecular flexibility index (Phi) is 6.67. The normalized spacial score (nSPS) is 21.8. The van der Waals surface area contributed by atoms with Gasteiger partial charge in [0.1, 0.15) is 0 Å². The van der Waals surface area contributed by atoms with Crippen LogP contribution in [0.1, 0.15) is 62.6 Å². The third-order valence-corrected chi connectivity index (χ3v) is 4.96. The lowest BCUT2D eigenvalue weighted by Gasteiger charge is -2.28. The number of halogens is 3. The van der Waals surface area contributed by atoms with Gasteiger partial charge in [-0.1, -0.05) is 25.5 Å². The van der Waals surface area contributed by atoms with Gasteiger partial charge < -0.3 is 10.4 Å². The molecule has 144 valence electrons. The van der Waals surface area contributed by atoms with Gasteiger partial charge in [0.2, 0.25) is 5.91 Å². The first-order valence-electron chi connectivity index (χ1n) is 8.92. The fourth-order valence-electron chi connectivity index (χ4n) is 3.43. The number of carboxylic acid groups (broad SMARTS) is 1. The molecule has 0 bridgehead atoms. The van der Waals surface area contributed by atoms with E-state index in [1.807, 2.05) is 6.92 Å². The Bertz CT molecular complexity index is 637. The standard InChI is InChI=1S/C19H24F3NO3/c1-2-4-16(14-5-3-6-15(11-14)19(20,21)22)23-17(24)12-7-9-13(10-8-12)18(25)26/h3,5-6,11-13,16H,2,4,7-10H2,1H3,(H,23,24)(H,25,26). The van der Waals surface area contributed by atoms with Crippen LogP contribution in [0.2, 0.25) is 0 Å². The molecule has 7 heteroatoms. The van der Waals surface area contributed by atoms with Gasteiger partial charge in [-0.3, -0.25) is 9.59 Å². The molecule has 1 aromatic rings. The minimum Gasteiger partial charge on any atom is -0.481 e. The molecule has 1 fully saturated rings. The van der Waals surface area contributed by atoms with E-state index in [2.05, 4.69) is 5.32 Å². The van der Waals surface area contributed by atoms with Crippen molar-refractivity contribution in [3.8, 4) is 0 Å². The molecule has 1 aliphatic carbocycles. The molecule has 0 spiro atoms. The quantitative estimate of drug-likeness (QED) is 0.771. The molecule has 0 radical (unpaired) electrons. The Morgan fingerprint density at radius 1 is 1.19 bits per heavy atom. The number of benzene rings is 1. The van der Waals surface area contributed by atoms with Crippen molar-refractivity contribution < 1.29 is 27.9 Å². The van der Waals surface area contributed by atoms with Crippen LogP contribution < -0.4 is 5.32 Å². The van der Waals surface area contributed by atoms with E-state index < -0.39 is 29.7 Å². The Morgan fingerprint density at radius 2 is 1.81 bits per heavy atom. The molecule has 0 aliphatic heterocycles. The van der Waals surface area contributed by atoms with Gasteiger partial charge in [0.05, 0.1) is 17.5 Å². The SMILES string of the molecule is CCCC(NC(=O)C1CCC(C(=O)O)CC1)c1cccc(C(F)(F)F)c1. The molecule has 1 unspecified atom stereocenters. The third kappa shape index (κ3) is 5.22. The Morgan fingerprint density at radius 3 is 2.35 bits per heavy atom. The van der Waals surface area contributed by atoms with Crippen molar-refractivity contribution in [3.05, 3.63) is 35.4 Å². The number of aliphatic carboxylic acids is 1. The van der Waals surface area contributed by atoms with Gasteiger partial charge >= 0.3 is 12.1 Å². The first-order chi connectivity index (χ1) is 12.2. The summed E-state index contributed by atoms with van der Waals surface area (Å²) in [5.74, 6) is -1.73. The number of hydrogen-bond donors (Lipinski definition) is 2. The molecule has 26 heavy (non-hydrogen) atoms. The number of amides is 1. The maximum Gasteiger partial charge on any atom is 0.416 e. The molecule has 1 saturated carbocycles. The van der Waals surface area contributed by atoms with E-state index >= 15 is 0 Å². The van der Waals surface area contributed by atoms with Crippen molar-refractivity contribution in [2.45, 2.75) is 57.7 Å². The van der Waals surface area contributed by atoms with Crippen molar-refractivity contribution in [2.75, 3.05) is 0 Å². The van der Waals surface area contributed by atoms with Crippen molar-refractivity contribution in [2.24, 2.45) is 11.8 Å². The summed E-state index contributed by atoms with van der Waals surface area (Å²) in [4.78, 5) is 23.5. The molecule has 0 heterocycles. The summed E-state index contributed by atoms with van der Waals surface area (Å²) in [5, 5.41) is 11.9. The van der Waals surface area contributed by atoms with Gasteiger partial charge in [-0.05, 0) is 49.8 Å². The Hall–Kier alpha value is -2.05. The number of carbonyl (C=O) groups is 2. The van der Waals surface area contributed by atoms with Crippen LogP contribution in [0.3, 0.4) is 0 Å². The van der Waals surface area contributed by atoms with E-state index in [1.165, 1.54) is 6.07 Å². The second-order valence-electron chi connectivity index (χ2n) is 6.86. The van der Waals surface area contributed by atoms with E-state index in [9.17, 15) is 22.8 Å². The fraction of sp³-hybridized carbons (Fsp3) is 0.579. The van der Waals surface area contributed by atoms with Gasteiger partial charge in [0, 0.05) is 5.92 Å². The van der Waals surface area contributed by atoms with E-state index in [1.54, 1.807) is 6.07 Å². The van der Waals surface area contributed by atoms with Crippen LogP contribution in [0, 0.1) is 11.8 Å². The number of alkyl halides is 3. The number of nitrogens with one attached hydrogen (secondary N) is 1. The van der Waals surface area contributed by atoms with Gasteiger partial charge in [-0.25, -0.2) is 0 Å². The number of carboxylic acids is 1. The molecule has 4 nitrogen and oxygen atoms in total. The molecule has 1 aromatic carbocycles. The van der Waals surface area contributed by atoms with E-state index in [4.69, 9.17) is 5.11 Å². The lowest BCUT2D eigenvalue weighted by molar-refractivity contribution is -0.144. The van der Waals surface area contributed by atoms with Crippen LogP contribution in [0.4, 0.5) is 13.2 Å². The highest BCUT2D eigenvalue weighted by Gasteiger charge is 2.32. The summed E-state index contributed by atoms with van der Waals surface area (Å²) in [6.45, 7) is 1.91. The van der Waals surface area contributed by atoms with Crippen LogP contribution in [-0.4, -0.2) is 17.0 Å². The van der Waals surface area contributed by atoms with Crippen LogP contribution in [0.25, 0.3) is 0 Å². The predicted molar refractivity (Wildman–Crippen MR) is 90.3 cm³/mol. The van der Waals surface area contributed by atoms with Crippen molar-refractivity contribution in [3.63, 3.8) is 0 Å². The Labute approximate surface area is 150 Å². The molecule has 1 amide bonds. The van der Waals surface area contributed by atoms with Gasteiger partial charge in [0.25, 0.3) is 0 Å². The zero-order chi connectivity index (χ0) is 19.3. The smallest absolute Gasteiger partial charge is 0.416 e. The van der Waals surface area contributed by atoms with E-state index in [-0.39, 0.29) is 11.8 Å². The minimum absolute atomic E-state index is 0.204. The predicted octanol–water partition coefficient (Wildman–Crippen LogP) is 4.55. The van der Waals surface area contributed by atoms with Gasteiger partial charge in [0.15, 0.2) is 0 Å². The van der Waals surface area contributed by atoms with Crippen molar-refractivity contribution in [1.29, 1.82) is 0 Å². The largest absolute Gasteiger partial charge is 0.481 e. The highest BCUT2D eigenvalue weighted by atomic mass is 19.4. The van der Waals surface area contributed by atoms with Crippen LogP contribution >= 0.6 is 0 Å². The molecule has 1 atom stereocenters. The number of rotatable bonds is 6. The lowest BCUT2D eigenvalue weighted by Crippen LogP contribution is -2.36. The molecular weight excluding hydrogens is 347 g/mol. The summed E-state index contributed by atoms with van der Waals surface area (Å²) in [6.07, 6.45) is -1.28. The molecule has 0 aromatic heterocycles. The fourth-order valence-corrected chi connectivity index (χ4v) is 3.43. The van der Waals surface area contributed by atoms with Crippen molar-refractivity contribution >= 4 is 11.9 Å². The monoisotopic (exact) mass is 371 g/mol. The van der Waals surface area contributed by atoms with Crippen LogP contribution in [0.15, 0.2) is 24.3 Å². The summed E-state index contributed by atoms with van der Waals surface area (Å²) in [5.41, 5.74) is -0.290. The first-order valence-corrected chi connectivity index (χ1v) is 8.92. The molecule has 0 saturated heterocycles. The molecule has 2 rings (SSSR count). The molecule has 2 N–H and O–H groups in total. The zero-order valence-corrected chi connectivity index (χ0v) is 14.7. The van der Waals surface area contributed by atoms with Crippen LogP contribution in [0.5, 0.6) is 0 Å². The number of hydrogen-bond acceptors (Lipinski definition) is 2. The van der Waals surface area contributed by atoms with E-state index in [0.29, 0.717) is 44.1 Å². The Balaban J connectivity index is 2.06. The summed E-state index contributed by atoms with van der Waals surface area (Å²) in [6, 6.07) is 4.57. The molecule has 1 aliphatic rings. The van der Waals surface area contributed by atoms with Crippen LogP contribution in [-0.2, 0) is 15.8 Å². The molecular formula is C19H24F3NO3. The highest BCUT2D eigenvalue weighted by molar-refractivity contribution is 5.79. The number of carbonyl (C=O) groups excluding carboxylic acids is 1. The maximum atomic E-state index is 12.9. The second-order valence-corrected chi connectivity index (χ2v) is 6.86. The minimum atomic E-state index is -4.42. The van der Waals surface area contributed by atoms with Crippen molar-refractivity contribution in [1.82, 2.24) is 5.32 Å². The second kappa shape index (κ2) is 8.56. The average molecular weight is 371 g/mol. The third-order valence-electron chi connectivity index (χ3n) is 4.96. The topological polar surface area (TPSA) is 66.4 Å². The summed E-state index contributed by atoms with van der Waals surface area (Å²) in [7, 11) is 0. The first kappa shape index (κ1) is 20.3. The highest BCUT2D eigenvalue weighted by Crippen LogP contribution is 2.33. The van der Waals surface area contributed by atoms with Gasteiger partial charge in [-0.15, -0.1) is 0 Å². The van der Waals surface area contributed by atoms with Gasteiger partial charge in [-0.2, -0.15) is 13.2 Å². The average Bonchev–Trinajstić information content (AvgIpc) is 2.60. The summed E-state index contributed by atoms with van der Waals surface area (Å²) < 4.78 is 38.8. The zero-order valence-electron chi connectivity index (χ0n) is 14.7. The summed E-state index contributed by atoms with van der Waals surface area (Å²) >= 11 is 0. The lowest BCUT2D eigenvalue weighted by atomic mass is 9.81. The van der Waals surface area contributed by atoms with E-state index in [0.717, 1.165) is 12.1 Å².